The Morgan fingerprint density at radius 2 is 1.21 bits per heavy atom. The monoisotopic (exact) mass is 454 g/mol. The van der Waals surface area contributed by atoms with Gasteiger partial charge in [0.05, 0.1) is 10.0 Å². The Hall–Kier alpha value is 0.600. The topological polar surface area (TPSA) is 34.1 Å². The fourth-order valence-corrected chi connectivity index (χ4v) is 2.56. The molecule has 0 saturated heterocycles. The van der Waals surface area contributed by atoms with Gasteiger partial charge in [0.25, 0.3) is 0 Å². The van der Waals surface area contributed by atoms with E-state index in [1.165, 1.54) is 12.1 Å². The highest BCUT2D eigenvalue weighted by molar-refractivity contribution is 14.1. The van der Waals surface area contributed by atoms with Gasteiger partial charge in [0.15, 0.2) is 0 Å². The van der Waals surface area contributed by atoms with Crippen molar-refractivity contribution in [2.24, 2.45) is 0 Å². The van der Waals surface area contributed by atoms with Crippen molar-refractivity contribution >= 4 is 76.0 Å². The third kappa shape index (κ3) is 2.80. The van der Waals surface area contributed by atoms with Gasteiger partial charge in [0.2, 0.25) is 7.58 Å². The minimum atomic E-state index is -0.207. The van der Waals surface area contributed by atoms with E-state index in [9.17, 15) is 9.59 Å². The van der Waals surface area contributed by atoms with Crippen molar-refractivity contribution in [3.8, 4) is 0 Å². The number of carbonyl (C=O) groups is 2. The van der Waals surface area contributed by atoms with Gasteiger partial charge in [-0.2, -0.15) is 0 Å². The Balaban J connectivity index is 3.38. The molecule has 14 heavy (non-hydrogen) atoms. The molecule has 1 aromatic carbocycles. The highest BCUT2D eigenvalue weighted by Gasteiger charge is 2.14. The second kappa shape index (κ2) is 5.09. The first-order chi connectivity index (χ1) is 6.43. The lowest BCUT2D eigenvalue weighted by atomic mass is 10.1. The first kappa shape index (κ1) is 12.7. The summed E-state index contributed by atoms with van der Waals surface area (Å²) in [6.45, 7) is 0. The fraction of sp³-hybridized carbons (Fsp3) is 0. The molecule has 0 N–H and O–H groups in total. The van der Waals surface area contributed by atoms with Crippen LogP contribution in [0.25, 0.3) is 0 Å². The van der Waals surface area contributed by atoms with Gasteiger partial charge in [-0.3, -0.25) is 9.59 Å². The predicted octanol–water partition coefficient (Wildman–Crippen LogP) is 4.14. The zero-order chi connectivity index (χ0) is 10.9. The Labute approximate surface area is 118 Å². The van der Waals surface area contributed by atoms with Gasteiger partial charge < -0.3 is 0 Å². The van der Waals surface area contributed by atoms with Crippen LogP contribution < -0.4 is 0 Å². The molecular weight excluding hydrogens is 453 g/mol. The number of hydrogen-bond donors (Lipinski definition) is 0. The van der Waals surface area contributed by atoms with E-state index < -0.39 is 0 Å². The van der Waals surface area contributed by atoms with Gasteiger partial charge in [-0.25, -0.2) is 0 Å². The molecule has 0 atom stereocenters. The van der Waals surface area contributed by atoms with Gasteiger partial charge in [-0.15, -0.1) is 0 Å². The first-order valence-corrected chi connectivity index (χ1v) is 6.23. The molecule has 0 heterocycles. The van der Waals surface area contributed by atoms with E-state index in [0.717, 1.165) is 0 Å². The second-order valence-corrected chi connectivity index (χ2v) is 5.13. The molecule has 6 heteroatoms. The average Bonchev–Trinajstić information content (AvgIpc) is 2.07. The summed E-state index contributed by atoms with van der Waals surface area (Å²) >= 11 is 14.8. The van der Waals surface area contributed by atoms with Crippen LogP contribution >= 0.6 is 68.4 Å². The number of benzene rings is 1. The van der Waals surface area contributed by atoms with Crippen molar-refractivity contribution in [3.63, 3.8) is 0 Å². The minimum Gasteiger partial charge on any atom is -0.282 e. The molecular formula is C8H2Cl2I2O2. The zero-order valence-electron chi connectivity index (χ0n) is 6.48. The smallest absolute Gasteiger partial charge is 0.223 e. The third-order valence-electron chi connectivity index (χ3n) is 1.48. The number of carbonyl (C=O) groups excluding carboxylic acids is 2. The van der Waals surface area contributed by atoms with Crippen LogP contribution in [0.4, 0.5) is 0 Å². The van der Waals surface area contributed by atoms with E-state index in [4.69, 9.17) is 23.2 Å². The predicted molar refractivity (Wildman–Crippen MR) is 73.2 cm³/mol. The van der Waals surface area contributed by atoms with Crippen LogP contribution in [0.1, 0.15) is 20.7 Å². The van der Waals surface area contributed by atoms with Crippen molar-refractivity contribution in [2.75, 3.05) is 0 Å². The summed E-state index contributed by atoms with van der Waals surface area (Å²) in [6, 6.07) is 2.81. The van der Waals surface area contributed by atoms with Crippen molar-refractivity contribution in [2.45, 2.75) is 0 Å². The molecule has 0 bridgehead atoms. The SMILES string of the molecule is O=C(I)c1cc(Cl)c(C(=O)I)cc1Cl. The van der Waals surface area contributed by atoms with Crippen molar-refractivity contribution < 1.29 is 9.59 Å². The van der Waals surface area contributed by atoms with Crippen molar-refractivity contribution in [3.05, 3.63) is 33.3 Å². The largest absolute Gasteiger partial charge is 0.282 e. The van der Waals surface area contributed by atoms with E-state index >= 15 is 0 Å². The van der Waals surface area contributed by atoms with Crippen LogP contribution in [-0.2, 0) is 0 Å². The molecule has 0 aliphatic heterocycles. The standard InChI is InChI=1S/C8H2Cl2I2O2/c9-5-1-3(7(11)13)6(10)2-4(5)8(12)14/h1-2H. The lowest BCUT2D eigenvalue weighted by molar-refractivity contribution is 0.109. The van der Waals surface area contributed by atoms with Crippen LogP contribution in [-0.4, -0.2) is 7.58 Å². The second-order valence-electron chi connectivity index (χ2n) is 2.36. The van der Waals surface area contributed by atoms with Crippen LogP contribution in [0, 0.1) is 0 Å². The maximum Gasteiger partial charge on any atom is 0.223 e. The highest BCUT2D eigenvalue weighted by Crippen LogP contribution is 2.28. The van der Waals surface area contributed by atoms with Gasteiger partial charge in [0, 0.05) is 56.3 Å². The maximum absolute atomic E-state index is 11.1. The Morgan fingerprint density at radius 3 is 1.43 bits per heavy atom. The lowest BCUT2D eigenvalue weighted by Gasteiger charge is -2.03. The van der Waals surface area contributed by atoms with Gasteiger partial charge in [-0.1, -0.05) is 23.2 Å². The molecule has 0 fully saturated rings. The molecule has 1 rings (SSSR count). The Kier molecular flexibility index (Phi) is 4.60. The van der Waals surface area contributed by atoms with Crippen LogP contribution in [0.3, 0.4) is 0 Å². The van der Waals surface area contributed by atoms with Crippen molar-refractivity contribution in [1.82, 2.24) is 0 Å². The molecule has 0 aliphatic carbocycles. The van der Waals surface area contributed by atoms with E-state index in [0.29, 0.717) is 11.1 Å². The summed E-state index contributed by atoms with van der Waals surface area (Å²) in [4.78, 5) is 22.1. The quantitative estimate of drug-likeness (QED) is 0.497. The third-order valence-corrected chi connectivity index (χ3v) is 3.27. The van der Waals surface area contributed by atoms with Gasteiger partial charge in [-0.05, 0) is 12.1 Å². The summed E-state index contributed by atoms with van der Waals surface area (Å²) in [7, 11) is 0. The molecule has 0 unspecified atom stereocenters. The van der Waals surface area contributed by atoms with E-state index in [1.54, 1.807) is 45.2 Å². The zero-order valence-corrected chi connectivity index (χ0v) is 12.3. The molecule has 0 aromatic heterocycles. The molecule has 0 saturated carbocycles. The summed E-state index contributed by atoms with van der Waals surface area (Å²) in [5.41, 5.74) is 0.636. The minimum absolute atomic E-state index is 0.207. The number of rotatable bonds is 2. The van der Waals surface area contributed by atoms with Gasteiger partial charge in [0.1, 0.15) is 0 Å². The lowest BCUT2D eigenvalue weighted by Crippen LogP contribution is -1.95. The van der Waals surface area contributed by atoms with E-state index in [-0.39, 0.29) is 17.6 Å². The van der Waals surface area contributed by atoms with Crippen molar-refractivity contribution in [1.29, 1.82) is 0 Å². The van der Waals surface area contributed by atoms with Crippen LogP contribution in [0.2, 0.25) is 10.0 Å². The summed E-state index contributed by atoms with van der Waals surface area (Å²) in [5, 5.41) is 0.489. The van der Waals surface area contributed by atoms with E-state index in [2.05, 4.69) is 0 Å². The molecule has 0 amide bonds. The normalized spacial score (nSPS) is 10.0. The molecule has 74 valence electrons. The number of hydrogen-bond acceptors (Lipinski definition) is 2. The molecule has 0 aliphatic rings. The maximum atomic E-state index is 11.1. The highest BCUT2D eigenvalue weighted by atomic mass is 127. The van der Waals surface area contributed by atoms with E-state index in [1.807, 2.05) is 0 Å². The molecule has 0 spiro atoms. The van der Waals surface area contributed by atoms with Crippen LogP contribution in [0.15, 0.2) is 12.1 Å². The van der Waals surface area contributed by atoms with Gasteiger partial charge >= 0.3 is 0 Å². The number of halogens is 4. The Bertz CT molecular complexity index is 378. The summed E-state index contributed by atoms with van der Waals surface area (Å²) < 4.78 is -0.413. The molecule has 0 radical (unpaired) electrons. The summed E-state index contributed by atoms with van der Waals surface area (Å²) in [5.74, 6) is 0. The molecule has 2 nitrogen and oxygen atoms in total. The summed E-state index contributed by atoms with van der Waals surface area (Å²) in [6.07, 6.45) is 0. The Morgan fingerprint density at radius 1 is 0.929 bits per heavy atom. The molecule has 1 aromatic rings. The first-order valence-electron chi connectivity index (χ1n) is 3.32. The average molecular weight is 455 g/mol. The van der Waals surface area contributed by atoms with Crippen LogP contribution in [0.5, 0.6) is 0 Å². The fourth-order valence-electron chi connectivity index (χ4n) is 0.848.